The maximum absolute atomic E-state index is 11.4. The Balaban J connectivity index is 2.39. The van der Waals surface area contributed by atoms with Crippen molar-refractivity contribution in [3.63, 3.8) is 0 Å². The number of benzene rings is 1. The zero-order valence-corrected chi connectivity index (χ0v) is 10.7. The van der Waals surface area contributed by atoms with Crippen LogP contribution < -0.4 is 5.73 Å². The molecule has 1 aliphatic rings. The van der Waals surface area contributed by atoms with Crippen molar-refractivity contribution in [3.05, 3.63) is 29.8 Å². The number of aliphatic imine (C=N–C) groups is 1. The fourth-order valence-corrected chi connectivity index (χ4v) is 2.26. The molecule has 2 atom stereocenters. The lowest BCUT2D eigenvalue weighted by molar-refractivity contribution is -0.151. The number of carbonyl (C=O) groups excluding carboxylic acids is 1. The second kappa shape index (κ2) is 4.90. The van der Waals surface area contributed by atoms with Crippen LogP contribution in [0.15, 0.2) is 29.3 Å². The summed E-state index contributed by atoms with van der Waals surface area (Å²) in [7, 11) is 0. The monoisotopic (exact) mass is 246 g/mol. The van der Waals surface area contributed by atoms with Crippen molar-refractivity contribution >= 4 is 17.9 Å². The van der Waals surface area contributed by atoms with E-state index in [4.69, 9.17) is 10.5 Å². The predicted octanol–water partition coefficient (Wildman–Crippen LogP) is 2.29. The highest BCUT2D eigenvalue weighted by Crippen LogP contribution is 2.40. The van der Waals surface area contributed by atoms with Gasteiger partial charge in [0.05, 0.1) is 11.9 Å². The SMILES string of the molecule is CCC(N)CC1(OC(C)=O)C=Nc2ccccc21. The lowest BCUT2D eigenvalue weighted by Gasteiger charge is -2.29. The van der Waals surface area contributed by atoms with Gasteiger partial charge in [0, 0.05) is 24.9 Å². The highest BCUT2D eigenvalue weighted by molar-refractivity contribution is 5.86. The molecule has 1 aromatic carbocycles. The van der Waals surface area contributed by atoms with Crippen molar-refractivity contribution in [1.29, 1.82) is 0 Å². The summed E-state index contributed by atoms with van der Waals surface area (Å²) in [5, 5.41) is 0. The minimum atomic E-state index is -0.794. The quantitative estimate of drug-likeness (QED) is 0.829. The molecular formula is C14H18N2O2. The summed E-state index contributed by atoms with van der Waals surface area (Å²) in [6.45, 7) is 3.43. The van der Waals surface area contributed by atoms with Crippen LogP contribution >= 0.6 is 0 Å². The maximum Gasteiger partial charge on any atom is 0.303 e. The molecular weight excluding hydrogens is 228 g/mol. The molecule has 1 aliphatic heterocycles. The molecule has 0 saturated heterocycles. The van der Waals surface area contributed by atoms with Crippen LogP contribution in [0.5, 0.6) is 0 Å². The summed E-state index contributed by atoms with van der Waals surface area (Å²) in [6, 6.07) is 7.66. The Hall–Kier alpha value is -1.68. The second-order valence-electron chi connectivity index (χ2n) is 4.63. The molecule has 2 rings (SSSR count). The highest BCUT2D eigenvalue weighted by Gasteiger charge is 2.40. The summed E-state index contributed by atoms with van der Waals surface area (Å²) in [6.07, 6.45) is 3.09. The molecule has 2 unspecified atom stereocenters. The van der Waals surface area contributed by atoms with Crippen LogP contribution in [0.25, 0.3) is 0 Å². The molecule has 0 amide bonds. The molecule has 0 saturated carbocycles. The molecule has 18 heavy (non-hydrogen) atoms. The van der Waals surface area contributed by atoms with Gasteiger partial charge in [-0.3, -0.25) is 9.79 Å². The minimum absolute atomic E-state index is 0.0260. The zero-order valence-electron chi connectivity index (χ0n) is 10.7. The van der Waals surface area contributed by atoms with E-state index >= 15 is 0 Å². The van der Waals surface area contributed by atoms with Gasteiger partial charge in [-0.05, 0) is 12.5 Å². The van der Waals surface area contributed by atoms with Crippen LogP contribution in [-0.2, 0) is 15.1 Å². The number of hydrogen-bond acceptors (Lipinski definition) is 4. The van der Waals surface area contributed by atoms with Gasteiger partial charge in [0.1, 0.15) is 0 Å². The molecule has 1 heterocycles. The van der Waals surface area contributed by atoms with Crippen molar-refractivity contribution in [3.8, 4) is 0 Å². The van der Waals surface area contributed by atoms with Gasteiger partial charge in [0.15, 0.2) is 5.60 Å². The number of nitrogens with two attached hydrogens (primary N) is 1. The standard InChI is InChI=1S/C14H18N2O2/c1-3-11(15)8-14(18-10(2)17)9-16-13-7-5-4-6-12(13)14/h4-7,9,11H,3,8,15H2,1-2H3. The van der Waals surface area contributed by atoms with E-state index < -0.39 is 5.60 Å². The topological polar surface area (TPSA) is 64.7 Å². The number of nitrogens with zero attached hydrogens (tertiary/aromatic N) is 1. The van der Waals surface area contributed by atoms with Gasteiger partial charge < -0.3 is 10.5 Å². The lowest BCUT2D eigenvalue weighted by Crippen LogP contribution is -2.38. The van der Waals surface area contributed by atoms with Crippen molar-refractivity contribution < 1.29 is 9.53 Å². The van der Waals surface area contributed by atoms with Crippen LogP contribution in [-0.4, -0.2) is 18.2 Å². The van der Waals surface area contributed by atoms with Gasteiger partial charge in [-0.1, -0.05) is 25.1 Å². The molecule has 2 N–H and O–H groups in total. The Kier molecular flexibility index (Phi) is 3.48. The summed E-state index contributed by atoms with van der Waals surface area (Å²) >= 11 is 0. The fourth-order valence-electron chi connectivity index (χ4n) is 2.26. The molecule has 4 heteroatoms. The Morgan fingerprint density at radius 3 is 2.89 bits per heavy atom. The lowest BCUT2D eigenvalue weighted by atomic mass is 9.88. The molecule has 1 aromatic rings. The average Bonchev–Trinajstić information content (AvgIpc) is 2.68. The zero-order chi connectivity index (χ0) is 13.2. The summed E-state index contributed by atoms with van der Waals surface area (Å²) in [5.74, 6) is -0.318. The van der Waals surface area contributed by atoms with Crippen LogP contribution in [0.1, 0.15) is 32.3 Å². The van der Waals surface area contributed by atoms with Crippen molar-refractivity contribution in [2.45, 2.75) is 38.3 Å². The Morgan fingerprint density at radius 2 is 2.22 bits per heavy atom. The first-order valence-corrected chi connectivity index (χ1v) is 6.17. The van der Waals surface area contributed by atoms with Gasteiger partial charge in [-0.25, -0.2) is 0 Å². The number of carbonyl (C=O) groups is 1. The van der Waals surface area contributed by atoms with Gasteiger partial charge in [-0.15, -0.1) is 0 Å². The van der Waals surface area contributed by atoms with Crippen LogP contribution in [0.3, 0.4) is 0 Å². The molecule has 0 aromatic heterocycles. The van der Waals surface area contributed by atoms with Gasteiger partial charge >= 0.3 is 5.97 Å². The third kappa shape index (κ3) is 2.29. The second-order valence-corrected chi connectivity index (χ2v) is 4.63. The predicted molar refractivity (Wildman–Crippen MR) is 70.9 cm³/mol. The number of para-hydroxylation sites is 1. The van der Waals surface area contributed by atoms with E-state index in [1.54, 1.807) is 6.21 Å². The molecule has 0 aliphatic carbocycles. The van der Waals surface area contributed by atoms with Crippen LogP contribution in [0.2, 0.25) is 0 Å². The molecule has 96 valence electrons. The van der Waals surface area contributed by atoms with E-state index in [0.717, 1.165) is 17.7 Å². The number of rotatable bonds is 4. The first-order chi connectivity index (χ1) is 8.57. The van der Waals surface area contributed by atoms with E-state index in [-0.39, 0.29) is 12.0 Å². The Labute approximate surface area is 107 Å². The summed E-state index contributed by atoms with van der Waals surface area (Å²) in [5.41, 5.74) is 6.99. The fraction of sp³-hybridized carbons (Fsp3) is 0.429. The summed E-state index contributed by atoms with van der Waals surface area (Å²) < 4.78 is 5.53. The number of hydrogen-bond donors (Lipinski definition) is 1. The van der Waals surface area contributed by atoms with E-state index in [2.05, 4.69) is 4.99 Å². The first kappa shape index (κ1) is 12.8. The Morgan fingerprint density at radius 1 is 1.50 bits per heavy atom. The van der Waals surface area contributed by atoms with Gasteiger partial charge in [-0.2, -0.15) is 0 Å². The molecule has 0 bridgehead atoms. The van der Waals surface area contributed by atoms with Crippen molar-refractivity contribution in [1.82, 2.24) is 0 Å². The number of esters is 1. The minimum Gasteiger partial charge on any atom is -0.448 e. The first-order valence-electron chi connectivity index (χ1n) is 6.17. The van der Waals surface area contributed by atoms with Crippen LogP contribution in [0.4, 0.5) is 5.69 Å². The third-order valence-corrected chi connectivity index (χ3v) is 3.19. The summed E-state index contributed by atoms with van der Waals surface area (Å²) in [4.78, 5) is 15.7. The number of ether oxygens (including phenoxy) is 1. The largest absolute Gasteiger partial charge is 0.448 e. The molecule has 4 nitrogen and oxygen atoms in total. The van der Waals surface area contributed by atoms with Gasteiger partial charge in [0.2, 0.25) is 0 Å². The Bertz CT molecular complexity index is 484. The van der Waals surface area contributed by atoms with E-state index in [1.165, 1.54) is 6.92 Å². The third-order valence-electron chi connectivity index (χ3n) is 3.19. The molecule has 0 spiro atoms. The van der Waals surface area contributed by atoms with Crippen molar-refractivity contribution in [2.75, 3.05) is 0 Å². The number of fused-ring (bicyclic) bond motifs is 1. The maximum atomic E-state index is 11.4. The molecule has 0 fully saturated rings. The van der Waals surface area contributed by atoms with E-state index in [0.29, 0.717) is 6.42 Å². The average molecular weight is 246 g/mol. The normalized spacial score (nSPS) is 22.6. The van der Waals surface area contributed by atoms with Crippen molar-refractivity contribution in [2.24, 2.45) is 10.7 Å². The molecule has 0 radical (unpaired) electrons. The highest BCUT2D eigenvalue weighted by atomic mass is 16.6. The van der Waals surface area contributed by atoms with E-state index in [9.17, 15) is 4.79 Å². The van der Waals surface area contributed by atoms with E-state index in [1.807, 2.05) is 31.2 Å². The smallest absolute Gasteiger partial charge is 0.303 e. The van der Waals surface area contributed by atoms with Gasteiger partial charge in [0.25, 0.3) is 0 Å². The van der Waals surface area contributed by atoms with Crippen LogP contribution in [0, 0.1) is 0 Å².